The number of anilines is 1. The molecular weight excluding hydrogens is 478 g/mol. The summed E-state index contributed by atoms with van der Waals surface area (Å²) in [5.74, 6) is -1.17. The van der Waals surface area contributed by atoms with Crippen molar-refractivity contribution in [1.82, 2.24) is 19.7 Å². The zero-order valence-corrected chi connectivity index (χ0v) is 18.2. The van der Waals surface area contributed by atoms with Gasteiger partial charge in [0.2, 0.25) is 0 Å². The van der Waals surface area contributed by atoms with Crippen LogP contribution < -0.4 is 10.1 Å². The van der Waals surface area contributed by atoms with Gasteiger partial charge >= 0.3 is 5.57 Å². The topological polar surface area (TPSA) is 81.9 Å². The molecule has 4 rings (SSSR count). The number of carbonyl (C=O) groups excluding carboxylic acids is 1. The van der Waals surface area contributed by atoms with Crippen molar-refractivity contribution in [2.45, 2.75) is 25.5 Å². The molecule has 2 aromatic carbocycles. The van der Waals surface area contributed by atoms with Crippen LogP contribution in [0.2, 0.25) is 0 Å². The fraction of sp³-hybridized carbons (Fsp3) is 0.182. The lowest BCUT2D eigenvalue weighted by Gasteiger charge is -2.12. The van der Waals surface area contributed by atoms with Gasteiger partial charge in [-0.15, -0.1) is 8.78 Å². The first-order valence-electron chi connectivity index (χ1n) is 9.93. The van der Waals surface area contributed by atoms with Gasteiger partial charge in [0.25, 0.3) is 12.3 Å². The number of fused-ring (bicyclic) bond motifs is 1. The maximum atomic E-state index is 13.6. The summed E-state index contributed by atoms with van der Waals surface area (Å²) >= 11 is 4.74. The predicted molar refractivity (Wildman–Crippen MR) is 117 cm³/mol. The number of aromatic nitrogens is 4. The van der Waals surface area contributed by atoms with Crippen LogP contribution >= 0.6 is 11.6 Å². The van der Waals surface area contributed by atoms with E-state index in [1.807, 2.05) is 0 Å². The molecule has 2 heterocycles. The van der Waals surface area contributed by atoms with Gasteiger partial charge in [-0.2, -0.15) is 10.2 Å². The smallest absolute Gasteiger partial charge is 0.420 e. The summed E-state index contributed by atoms with van der Waals surface area (Å²) in [4.78, 5) is 17.0. The molecule has 7 nitrogen and oxygen atoms in total. The maximum Gasteiger partial charge on any atom is 0.487 e. The molecule has 1 amide bonds. The van der Waals surface area contributed by atoms with Crippen LogP contribution in [0.3, 0.4) is 0 Å². The van der Waals surface area contributed by atoms with Gasteiger partial charge in [0.15, 0.2) is 5.82 Å². The first kappa shape index (κ1) is 23.4. The number of ether oxygens (including phenoxy) is 1. The van der Waals surface area contributed by atoms with Crippen molar-refractivity contribution in [2.75, 3.05) is 5.32 Å². The normalized spacial score (nSPS) is 11.7. The van der Waals surface area contributed by atoms with Crippen LogP contribution in [0.4, 0.5) is 23.2 Å². The molecule has 0 aliphatic heterocycles. The van der Waals surface area contributed by atoms with E-state index in [2.05, 4.69) is 25.2 Å². The van der Waals surface area contributed by atoms with Gasteiger partial charge in [-0.1, -0.05) is 0 Å². The summed E-state index contributed by atoms with van der Waals surface area (Å²) in [7, 11) is 0. The Morgan fingerprint density at radius 3 is 2.50 bits per heavy atom. The van der Waals surface area contributed by atoms with Gasteiger partial charge in [-0.05, 0) is 49.4 Å². The van der Waals surface area contributed by atoms with E-state index in [-0.39, 0.29) is 29.1 Å². The van der Waals surface area contributed by atoms with Crippen LogP contribution in [-0.4, -0.2) is 31.2 Å². The Kier molecular flexibility index (Phi) is 6.38. The van der Waals surface area contributed by atoms with E-state index in [9.17, 15) is 22.4 Å². The number of amides is 1. The number of imidazole rings is 1. The molecule has 0 saturated heterocycles. The molecule has 0 bridgehead atoms. The SMILES string of the molecule is CCn1c(C(F)F)nc2cc(C(=O)Nc3ccc(OC(F)(F)Cl)cc3)cc(-c3ccnnc3)c21. The van der Waals surface area contributed by atoms with Gasteiger partial charge in [0.05, 0.1) is 23.4 Å². The van der Waals surface area contributed by atoms with Crippen LogP contribution in [0, 0.1) is 0 Å². The fourth-order valence-electron chi connectivity index (χ4n) is 3.52. The van der Waals surface area contributed by atoms with E-state index in [0.29, 0.717) is 16.6 Å². The molecule has 0 saturated carbocycles. The van der Waals surface area contributed by atoms with Crippen molar-refractivity contribution < 1.29 is 27.1 Å². The second kappa shape index (κ2) is 9.26. The second-order valence-corrected chi connectivity index (χ2v) is 7.50. The zero-order chi connectivity index (χ0) is 24.5. The number of carbonyl (C=O) groups is 1. The fourth-order valence-corrected chi connectivity index (χ4v) is 3.61. The summed E-state index contributed by atoms with van der Waals surface area (Å²) < 4.78 is 58.4. The van der Waals surface area contributed by atoms with E-state index >= 15 is 0 Å². The molecule has 12 heteroatoms. The quantitative estimate of drug-likeness (QED) is 0.257. The number of rotatable bonds is 7. The lowest BCUT2D eigenvalue weighted by atomic mass is 10.0. The maximum absolute atomic E-state index is 13.6. The molecule has 0 aliphatic rings. The van der Waals surface area contributed by atoms with Crippen molar-refractivity contribution >= 4 is 34.2 Å². The molecule has 0 atom stereocenters. The summed E-state index contributed by atoms with van der Waals surface area (Å²) in [6.07, 6.45) is 0.0913. The summed E-state index contributed by atoms with van der Waals surface area (Å²) in [5.41, 5.74) is -1.74. The number of nitrogens with zero attached hydrogens (tertiary/aromatic N) is 4. The third-order valence-electron chi connectivity index (χ3n) is 4.89. The van der Waals surface area contributed by atoms with E-state index in [4.69, 9.17) is 11.6 Å². The summed E-state index contributed by atoms with van der Waals surface area (Å²) in [5, 5.41) is 10.2. The first-order chi connectivity index (χ1) is 16.2. The molecule has 0 radical (unpaired) electrons. The number of halogens is 5. The molecule has 34 heavy (non-hydrogen) atoms. The van der Waals surface area contributed by atoms with E-state index < -0.39 is 23.7 Å². The molecule has 0 fully saturated rings. The van der Waals surface area contributed by atoms with Gasteiger partial charge in [-0.3, -0.25) is 4.79 Å². The summed E-state index contributed by atoms with van der Waals surface area (Å²) in [6.45, 7) is 1.96. The Hall–Kier alpha value is -3.73. The Morgan fingerprint density at radius 1 is 1.18 bits per heavy atom. The number of benzene rings is 2. The van der Waals surface area contributed by atoms with E-state index in [0.717, 1.165) is 0 Å². The standard InChI is InChI=1S/C22H16ClF4N5O2/c1-2-32-18-16(12-7-8-28-29-11-12)9-13(10-17(18)31-20(32)19(24)25)21(33)30-14-3-5-15(6-4-14)34-22(23,26)27/h3-11,19H,2H2,1H3,(H,30,33). The van der Waals surface area contributed by atoms with Crippen molar-refractivity contribution in [3.05, 3.63) is 66.2 Å². The van der Waals surface area contributed by atoms with Crippen LogP contribution in [0.15, 0.2) is 54.9 Å². The van der Waals surface area contributed by atoms with E-state index in [1.54, 1.807) is 19.1 Å². The zero-order valence-electron chi connectivity index (χ0n) is 17.5. The van der Waals surface area contributed by atoms with Gasteiger partial charge in [0.1, 0.15) is 5.75 Å². The first-order valence-corrected chi connectivity index (χ1v) is 10.3. The molecule has 0 unspecified atom stereocenters. The van der Waals surface area contributed by atoms with Crippen molar-refractivity contribution in [1.29, 1.82) is 0 Å². The van der Waals surface area contributed by atoms with Crippen LogP contribution in [0.25, 0.3) is 22.2 Å². The van der Waals surface area contributed by atoms with Crippen LogP contribution in [-0.2, 0) is 6.54 Å². The third-order valence-corrected chi connectivity index (χ3v) is 4.96. The van der Waals surface area contributed by atoms with Crippen molar-refractivity contribution in [3.63, 3.8) is 0 Å². The molecule has 0 aliphatic carbocycles. The Balaban J connectivity index is 1.73. The lowest BCUT2D eigenvalue weighted by molar-refractivity contribution is -0.0964. The van der Waals surface area contributed by atoms with Gasteiger partial charge in [0, 0.05) is 40.5 Å². The lowest BCUT2D eigenvalue weighted by Crippen LogP contribution is -2.16. The minimum Gasteiger partial charge on any atom is -0.420 e. The molecule has 1 N–H and O–H groups in total. The second-order valence-electron chi connectivity index (χ2n) is 7.06. The minimum atomic E-state index is -3.86. The molecular formula is C22H16ClF4N5O2. The Morgan fingerprint density at radius 2 is 1.91 bits per heavy atom. The highest BCUT2D eigenvalue weighted by molar-refractivity contribution is 6.20. The van der Waals surface area contributed by atoms with Crippen LogP contribution in [0.5, 0.6) is 5.75 Å². The van der Waals surface area contributed by atoms with Crippen molar-refractivity contribution in [3.8, 4) is 16.9 Å². The summed E-state index contributed by atoms with van der Waals surface area (Å²) in [6, 6.07) is 9.72. The van der Waals surface area contributed by atoms with Crippen LogP contribution in [0.1, 0.15) is 29.5 Å². The third kappa shape index (κ3) is 4.93. The number of alkyl halides is 5. The molecule has 4 aromatic rings. The Bertz CT molecular complexity index is 1330. The number of hydrogen-bond acceptors (Lipinski definition) is 5. The highest BCUT2D eigenvalue weighted by atomic mass is 35.5. The largest absolute Gasteiger partial charge is 0.487 e. The number of hydrogen-bond donors (Lipinski definition) is 1. The highest BCUT2D eigenvalue weighted by Crippen LogP contribution is 2.33. The van der Waals surface area contributed by atoms with Gasteiger partial charge in [-0.25, -0.2) is 13.8 Å². The molecule has 0 spiro atoms. The van der Waals surface area contributed by atoms with Crippen molar-refractivity contribution in [2.24, 2.45) is 0 Å². The monoisotopic (exact) mass is 493 g/mol. The predicted octanol–water partition coefficient (Wildman–Crippen LogP) is 5.87. The minimum absolute atomic E-state index is 0.147. The molecule has 2 aromatic heterocycles. The van der Waals surface area contributed by atoms with E-state index in [1.165, 1.54) is 47.3 Å². The molecule has 176 valence electrons. The average molecular weight is 494 g/mol. The average Bonchev–Trinajstić information content (AvgIpc) is 3.18. The number of nitrogens with one attached hydrogen (secondary N) is 1. The Labute approximate surface area is 195 Å². The van der Waals surface area contributed by atoms with Gasteiger partial charge < -0.3 is 14.6 Å². The highest BCUT2D eigenvalue weighted by Gasteiger charge is 2.27. The number of aryl methyl sites for hydroxylation is 1.